The molecule has 3 rings (SSSR count). The number of nitrogen functional groups attached to an aromatic ring is 1. The van der Waals surface area contributed by atoms with E-state index in [4.69, 9.17) is 15.2 Å². The van der Waals surface area contributed by atoms with E-state index < -0.39 is 23.0 Å². The lowest BCUT2D eigenvalue weighted by atomic mass is 9.78. The van der Waals surface area contributed by atoms with Crippen molar-refractivity contribution < 1.29 is 19.1 Å². The summed E-state index contributed by atoms with van der Waals surface area (Å²) < 4.78 is 10.6. The van der Waals surface area contributed by atoms with E-state index in [-0.39, 0.29) is 12.5 Å². The first-order chi connectivity index (χ1) is 8.86. The van der Waals surface area contributed by atoms with Crippen LogP contribution in [0.2, 0.25) is 0 Å². The zero-order chi connectivity index (χ0) is 13.8. The van der Waals surface area contributed by atoms with Gasteiger partial charge in [-0.05, 0) is 13.8 Å². The number of carbonyl (C=O) groups is 2. The summed E-state index contributed by atoms with van der Waals surface area (Å²) in [6.07, 6.45) is 0.355. The predicted octanol–water partition coefficient (Wildman–Crippen LogP) is 1.21. The van der Waals surface area contributed by atoms with Crippen LogP contribution in [-0.2, 0) is 24.7 Å². The standard InChI is InChI=1S/C12H14N2O4S/c1-6-3-12(8(15)17-6)5-11(2,18-9(12)16)7-4-19-10(13)14-7/h4,6H,3,5H2,1-2H3,(H2,13,14)/t6-,11+,12+/m1/s1. The second-order valence-corrected chi connectivity index (χ2v) is 6.26. The smallest absolute Gasteiger partial charge is 0.324 e. The fourth-order valence-electron chi connectivity index (χ4n) is 2.88. The van der Waals surface area contributed by atoms with Crippen LogP contribution >= 0.6 is 11.3 Å². The van der Waals surface area contributed by atoms with Crippen molar-refractivity contribution in [2.24, 2.45) is 5.41 Å². The minimum absolute atomic E-state index is 0.255. The zero-order valence-electron chi connectivity index (χ0n) is 10.6. The van der Waals surface area contributed by atoms with Crippen molar-refractivity contribution in [3.63, 3.8) is 0 Å². The molecule has 0 saturated carbocycles. The largest absolute Gasteiger partial charge is 0.462 e. The Morgan fingerprint density at radius 2 is 2.21 bits per heavy atom. The fourth-order valence-corrected chi connectivity index (χ4v) is 3.57. The van der Waals surface area contributed by atoms with Gasteiger partial charge in [-0.1, -0.05) is 0 Å². The van der Waals surface area contributed by atoms with Crippen LogP contribution in [0, 0.1) is 5.41 Å². The van der Waals surface area contributed by atoms with Gasteiger partial charge < -0.3 is 15.2 Å². The molecule has 6 nitrogen and oxygen atoms in total. The van der Waals surface area contributed by atoms with Crippen LogP contribution in [0.4, 0.5) is 5.13 Å². The molecule has 2 saturated heterocycles. The van der Waals surface area contributed by atoms with Gasteiger partial charge in [0.05, 0.1) is 5.69 Å². The number of cyclic esters (lactones) is 2. The SMILES string of the molecule is C[C@@H]1C[C@]2(C[C@@](C)(c3csc(N)n3)OC2=O)C(=O)O1. The molecule has 0 unspecified atom stereocenters. The molecule has 2 fully saturated rings. The number of aromatic nitrogens is 1. The number of nitrogens with two attached hydrogens (primary N) is 1. The number of rotatable bonds is 1. The first-order valence-corrected chi connectivity index (χ1v) is 6.90. The van der Waals surface area contributed by atoms with Gasteiger partial charge in [0.25, 0.3) is 0 Å². The number of hydrogen-bond donors (Lipinski definition) is 1. The molecule has 3 atom stereocenters. The third-order valence-corrected chi connectivity index (χ3v) is 4.42. The molecule has 1 aromatic heterocycles. The monoisotopic (exact) mass is 282 g/mol. The second-order valence-electron chi connectivity index (χ2n) is 5.37. The molecule has 3 heterocycles. The summed E-state index contributed by atoms with van der Waals surface area (Å²) in [5.41, 5.74) is 4.12. The van der Waals surface area contributed by atoms with Gasteiger partial charge in [0, 0.05) is 18.2 Å². The van der Waals surface area contributed by atoms with E-state index in [1.165, 1.54) is 11.3 Å². The molecule has 1 aromatic rings. The van der Waals surface area contributed by atoms with Gasteiger partial charge in [-0.3, -0.25) is 9.59 Å². The summed E-state index contributed by atoms with van der Waals surface area (Å²) in [6.45, 7) is 3.53. The number of nitrogens with zero attached hydrogens (tertiary/aromatic N) is 1. The van der Waals surface area contributed by atoms with Crippen molar-refractivity contribution in [3.8, 4) is 0 Å². The van der Waals surface area contributed by atoms with E-state index in [1.54, 1.807) is 19.2 Å². The Bertz CT molecular complexity index is 572. The van der Waals surface area contributed by atoms with Crippen LogP contribution in [0.15, 0.2) is 5.38 Å². The molecule has 0 amide bonds. The number of carbonyl (C=O) groups excluding carboxylic acids is 2. The molecular weight excluding hydrogens is 268 g/mol. The topological polar surface area (TPSA) is 91.5 Å². The summed E-state index contributed by atoms with van der Waals surface area (Å²) in [7, 11) is 0. The average molecular weight is 282 g/mol. The molecule has 0 bridgehead atoms. The maximum absolute atomic E-state index is 12.2. The lowest BCUT2D eigenvalue weighted by Gasteiger charge is -2.20. The molecule has 0 aromatic carbocycles. The van der Waals surface area contributed by atoms with Crippen LogP contribution in [0.25, 0.3) is 0 Å². The molecule has 1 spiro atoms. The molecule has 7 heteroatoms. The van der Waals surface area contributed by atoms with Crippen LogP contribution in [0.5, 0.6) is 0 Å². The van der Waals surface area contributed by atoms with Crippen molar-refractivity contribution in [2.75, 3.05) is 5.73 Å². The van der Waals surface area contributed by atoms with Crippen molar-refractivity contribution in [3.05, 3.63) is 11.1 Å². The molecule has 0 radical (unpaired) electrons. The minimum Gasteiger partial charge on any atom is -0.462 e. The highest BCUT2D eigenvalue weighted by molar-refractivity contribution is 7.13. The highest BCUT2D eigenvalue weighted by Gasteiger charge is 2.65. The van der Waals surface area contributed by atoms with E-state index >= 15 is 0 Å². The Morgan fingerprint density at radius 3 is 2.74 bits per heavy atom. The van der Waals surface area contributed by atoms with E-state index in [9.17, 15) is 9.59 Å². The van der Waals surface area contributed by atoms with Crippen LogP contribution < -0.4 is 5.73 Å². The first kappa shape index (κ1) is 12.4. The number of anilines is 1. The summed E-state index contributed by atoms with van der Waals surface area (Å²) in [5, 5.41) is 2.17. The van der Waals surface area contributed by atoms with Gasteiger partial charge >= 0.3 is 11.9 Å². The van der Waals surface area contributed by atoms with E-state index in [1.807, 2.05) is 0 Å². The predicted molar refractivity (Wildman–Crippen MR) is 67.2 cm³/mol. The van der Waals surface area contributed by atoms with Crippen molar-refractivity contribution >= 4 is 28.4 Å². The summed E-state index contributed by atoms with van der Waals surface area (Å²) in [4.78, 5) is 28.3. The van der Waals surface area contributed by atoms with Gasteiger partial charge in [-0.25, -0.2) is 4.98 Å². The Labute approximate surface area is 113 Å². The Kier molecular flexibility index (Phi) is 2.41. The van der Waals surface area contributed by atoms with Crippen molar-refractivity contribution in [1.82, 2.24) is 4.98 Å². The van der Waals surface area contributed by atoms with Crippen molar-refractivity contribution in [2.45, 2.75) is 38.4 Å². The zero-order valence-corrected chi connectivity index (χ0v) is 11.5. The van der Waals surface area contributed by atoms with Crippen LogP contribution in [0.3, 0.4) is 0 Å². The third-order valence-electron chi connectivity index (χ3n) is 3.75. The molecule has 2 N–H and O–H groups in total. The van der Waals surface area contributed by atoms with E-state index in [0.29, 0.717) is 17.2 Å². The number of esters is 2. The van der Waals surface area contributed by atoms with E-state index in [2.05, 4.69) is 4.98 Å². The Hall–Kier alpha value is -1.63. The first-order valence-electron chi connectivity index (χ1n) is 6.02. The maximum Gasteiger partial charge on any atom is 0.324 e. The highest BCUT2D eigenvalue weighted by Crippen LogP contribution is 2.52. The summed E-state index contributed by atoms with van der Waals surface area (Å²) in [5.74, 6) is -1.01. The highest BCUT2D eigenvalue weighted by atomic mass is 32.1. The van der Waals surface area contributed by atoms with Crippen molar-refractivity contribution in [1.29, 1.82) is 0 Å². The average Bonchev–Trinajstić information content (AvgIpc) is 2.91. The maximum atomic E-state index is 12.2. The fraction of sp³-hybridized carbons (Fsp3) is 0.583. The lowest BCUT2D eigenvalue weighted by molar-refractivity contribution is -0.160. The van der Waals surface area contributed by atoms with Gasteiger partial charge in [0.2, 0.25) is 0 Å². The summed E-state index contributed by atoms with van der Waals surface area (Å²) >= 11 is 1.28. The molecule has 2 aliphatic rings. The van der Waals surface area contributed by atoms with Crippen LogP contribution in [-0.4, -0.2) is 23.0 Å². The molecule has 0 aliphatic carbocycles. The Balaban J connectivity index is 1.98. The number of thiazole rings is 1. The van der Waals surface area contributed by atoms with Gasteiger partial charge in [-0.15, -0.1) is 11.3 Å². The van der Waals surface area contributed by atoms with E-state index in [0.717, 1.165) is 0 Å². The minimum atomic E-state index is -1.17. The Morgan fingerprint density at radius 1 is 1.47 bits per heavy atom. The molecule has 19 heavy (non-hydrogen) atoms. The van der Waals surface area contributed by atoms with Crippen LogP contribution in [0.1, 0.15) is 32.4 Å². The normalized spacial score (nSPS) is 37.7. The van der Waals surface area contributed by atoms with Gasteiger partial charge in [0.1, 0.15) is 6.10 Å². The number of hydrogen-bond acceptors (Lipinski definition) is 7. The lowest BCUT2D eigenvalue weighted by Crippen LogP contribution is -2.31. The molecule has 2 aliphatic heterocycles. The quantitative estimate of drug-likeness (QED) is 0.615. The third kappa shape index (κ3) is 1.64. The number of ether oxygens (including phenoxy) is 2. The molecule has 102 valence electrons. The van der Waals surface area contributed by atoms with Gasteiger partial charge in [0.15, 0.2) is 16.1 Å². The summed E-state index contributed by atoms with van der Waals surface area (Å²) in [6, 6.07) is 0. The molecular formula is C12H14N2O4S. The second kappa shape index (κ2) is 3.69. The van der Waals surface area contributed by atoms with Gasteiger partial charge in [-0.2, -0.15) is 0 Å².